The summed E-state index contributed by atoms with van der Waals surface area (Å²) in [7, 11) is 0. The zero-order valence-electron chi connectivity index (χ0n) is 14.3. The van der Waals surface area contributed by atoms with Gasteiger partial charge in [0.15, 0.2) is 5.82 Å². The highest BCUT2D eigenvalue weighted by Gasteiger charge is 2.40. The highest BCUT2D eigenvalue weighted by molar-refractivity contribution is 5.97. The Labute approximate surface area is 146 Å². The van der Waals surface area contributed by atoms with E-state index in [1.54, 1.807) is 6.07 Å². The molecule has 0 bridgehead atoms. The topological polar surface area (TPSA) is 80.5 Å². The van der Waals surface area contributed by atoms with Crippen molar-refractivity contribution in [1.82, 2.24) is 20.4 Å². The number of amides is 1. The molecule has 132 valence electrons. The highest BCUT2D eigenvalue weighted by Crippen LogP contribution is 2.33. The van der Waals surface area contributed by atoms with Crippen LogP contribution in [0.5, 0.6) is 5.75 Å². The Bertz CT molecular complexity index is 765. The first-order chi connectivity index (χ1) is 12.2. The lowest BCUT2D eigenvalue weighted by atomic mass is 9.91. The molecule has 0 saturated carbocycles. The van der Waals surface area contributed by atoms with Gasteiger partial charge in [-0.05, 0) is 12.1 Å². The van der Waals surface area contributed by atoms with Crippen molar-refractivity contribution in [2.45, 2.75) is 38.3 Å². The maximum atomic E-state index is 12.2. The first-order valence-corrected chi connectivity index (χ1v) is 8.77. The Kier molecular flexibility index (Phi) is 4.17. The van der Waals surface area contributed by atoms with Crippen LogP contribution in [0.25, 0.3) is 0 Å². The zero-order chi connectivity index (χ0) is 17.3. The van der Waals surface area contributed by atoms with Gasteiger partial charge in [-0.2, -0.15) is 4.98 Å². The van der Waals surface area contributed by atoms with E-state index in [2.05, 4.69) is 20.4 Å². The SMILES string of the molecule is CCc1nc(CN2CCC3(CC2)CNC(=O)c2ccccc2O3)no1. The van der Waals surface area contributed by atoms with E-state index < -0.39 is 0 Å². The van der Waals surface area contributed by atoms with E-state index in [-0.39, 0.29) is 11.5 Å². The van der Waals surface area contributed by atoms with E-state index in [1.807, 2.05) is 25.1 Å². The van der Waals surface area contributed by atoms with Gasteiger partial charge >= 0.3 is 0 Å². The number of aryl methyl sites for hydroxylation is 1. The molecule has 1 amide bonds. The number of likely N-dealkylation sites (tertiary alicyclic amines) is 1. The first kappa shape index (κ1) is 16.1. The summed E-state index contributed by atoms with van der Waals surface area (Å²) in [5.74, 6) is 2.02. The molecule has 0 aliphatic carbocycles. The van der Waals surface area contributed by atoms with Crippen molar-refractivity contribution < 1.29 is 14.1 Å². The summed E-state index contributed by atoms with van der Waals surface area (Å²) in [6.45, 7) is 4.96. The van der Waals surface area contributed by atoms with Gasteiger partial charge in [-0.15, -0.1) is 0 Å². The van der Waals surface area contributed by atoms with Gasteiger partial charge in [-0.25, -0.2) is 0 Å². The van der Waals surface area contributed by atoms with Crippen LogP contribution in [-0.2, 0) is 13.0 Å². The van der Waals surface area contributed by atoms with Gasteiger partial charge in [0.05, 0.1) is 18.7 Å². The molecule has 1 aromatic heterocycles. The number of rotatable bonds is 3. The Morgan fingerprint density at radius 2 is 2.08 bits per heavy atom. The van der Waals surface area contributed by atoms with Crippen LogP contribution in [0.3, 0.4) is 0 Å². The van der Waals surface area contributed by atoms with Crippen molar-refractivity contribution in [2.24, 2.45) is 0 Å². The lowest BCUT2D eigenvalue weighted by molar-refractivity contribution is 0.00319. The number of nitrogens with one attached hydrogen (secondary N) is 1. The molecular weight excluding hydrogens is 320 g/mol. The average Bonchev–Trinajstić information content (AvgIpc) is 3.04. The Morgan fingerprint density at radius 3 is 2.84 bits per heavy atom. The molecule has 2 aromatic rings. The number of aromatic nitrogens is 2. The molecule has 3 heterocycles. The summed E-state index contributed by atoms with van der Waals surface area (Å²) in [4.78, 5) is 18.9. The predicted molar refractivity (Wildman–Crippen MR) is 90.3 cm³/mol. The number of hydrogen-bond donors (Lipinski definition) is 1. The number of para-hydroxylation sites is 1. The number of piperidine rings is 1. The van der Waals surface area contributed by atoms with Crippen LogP contribution in [-0.4, -0.2) is 46.2 Å². The van der Waals surface area contributed by atoms with Gasteiger partial charge in [0.2, 0.25) is 5.89 Å². The van der Waals surface area contributed by atoms with E-state index in [4.69, 9.17) is 9.26 Å². The van der Waals surface area contributed by atoms with Gasteiger partial charge in [-0.3, -0.25) is 9.69 Å². The number of fused-ring (bicyclic) bond motifs is 1. The molecule has 0 radical (unpaired) electrons. The molecule has 7 heteroatoms. The molecule has 0 atom stereocenters. The fraction of sp³-hybridized carbons (Fsp3) is 0.500. The molecule has 1 saturated heterocycles. The smallest absolute Gasteiger partial charge is 0.255 e. The normalized spacial score (nSPS) is 19.8. The average molecular weight is 342 g/mol. The molecule has 4 rings (SSSR count). The fourth-order valence-electron chi connectivity index (χ4n) is 3.44. The standard InChI is InChI=1S/C18H22N4O3/c1-2-16-20-15(21-25-16)11-22-9-7-18(8-10-22)12-19-17(23)13-5-3-4-6-14(13)24-18/h3-6H,2,7-12H2,1H3,(H,19,23). The second-order valence-corrected chi connectivity index (χ2v) is 6.70. The fourth-order valence-corrected chi connectivity index (χ4v) is 3.44. The summed E-state index contributed by atoms with van der Waals surface area (Å²) in [5.41, 5.74) is 0.269. The van der Waals surface area contributed by atoms with E-state index in [0.29, 0.717) is 30.3 Å². The minimum atomic E-state index is -0.343. The van der Waals surface area contributed by atoms with Crippen LogP contribution in [0.1, 0.15) is 41.8 Å². The molecule has 2 aliphatic rings. The van der Waals surface area contributed by atoms with Crippen molar-refractivity contribution >= 4 is 5.91 Å². The second-order valence-electron chi connectivity index (χ2n) is 6.70. The zero-order valence-corrected chi connectivity index (χ0v) is 14.3. The minimum absolute atomic E-state index is 0.0613. The number of hydrogen-bond acceptors (Lipinski definition) is 6. The van der Waals surface area contributed by atoms with Crippen molar-refractivity contribution in [3.63, 3.8) is 0 Å². The minimum Gasteiger partial charge on any atom is -0.485 e. The van der Waals surface area contributed by atoms with Gasteiger partial charge in [0.25, 0.3) is 5.91 Å². The van der Waals surface area contributed by atoms with E-state index in [0.717, 1.165) is 38.2 Å². The van der Waals surface area contributed by atoms with E-state index in [1.165, 1.54) is 0 Å². The highest BCUT2D eigenvalue weighted by atomic mass is 16.5. The van der Waals surface area contributed by atoms with Gasteiger partial charge < -0.3 is 14.6 Å². The van der Waals surface area contributed by atoms with Gasteiger partial charge in [-0.1, -0.05) is 24.2 Å². The Hall–Kier alpha value is -2.41. The maximum absolute atomic E-state index is 12.2. The summed E-state index contributed by atoms with van der Waals surface area (Å²) >= 11 is 0. The third-order valence-electron chi connectivity index (χ3n) is 4.97. The summed E-state index contributed by atoms with van der Waals surface area (Å²) in [6.07, 6.45) is 2.45. The third kappa shape index (κ3) is 3.24. The Morgan fingerprint density at radius 1 is 1.28 bits per heavy atom. The van der Waals surface area contributed by atoms with Gasteiger partial charge in [0, 0.05) is 32.4 Å². The van der Waals surface area contributed by atoms with Crippen molar-refractivity contribution in [1.29, 1.82) is 0 Å². The molecule has 1 spiro atoms. The molecule has 7 nitrogen and oxygen atoms in total. The van der Waals surface area contributed by atoms with E-state index in [9.17, 15) is 4.79 Å². The van der Waals surface area contributed by atoms with Crippen LogP contribution < -0.4 is 10.1 Å². The quantitative estimate of drug-likeness (QED) is 0.916. The van der Waals surface area contributed by atoms with Crippen LogP contribution in [0, 0.1) is 0 Å². The van der Waals surface area contributed by atoms with Crippen molar-refractivity contribution in [3.8, 4) is 5.75 Å². The number of benzene rings is 1. The number of carbonyl (C=O) groups excluding carboxylic acids is 1. The van der Waals surface area contributed by atoms with Crippen molar-refractivity contribution in [3.05, 3.63) is 41.5 Å². The van der Waals surface area contributed by atoms with Gasteiger partial charge in [0.1, 0.15) is 11.4 Å². The molecule has 25 heavy (non-hydrogen) atoms. The van der Waals surface area contributed by atoms with Crippen LogP contribution in [0.2, 0.25) is 0 Å². The number of ether oxygens (including phenoxy) is 1. The summed E-state index contributed by atoms with van der Waals surface area (Å²) in [5, 5.41) is 7.04. The number of nitrogens with zero attached hydrogens (tertiary/aromatic N) is 3. The van der Waals surface area contributed by atoms with Crippen LogP contribution >= 0.6 is 0 Å². The molecule has 0 unspecified atom stereocenters. The van der Waals surface area contributed by atoms with Crippen LogP contribution in [0.4, 0.5) is 0 Å². The summed E-state index contributed by atoms with van der Waals surface area (Å²) < 4.78 is 11.5. The lowest BCUT2D eigenvalue weighted by Gasteiger charge is -2.40. The molecule has 1 N–H and O–H groups in total. The van der Waals surface area contributed by atoms with Crippen molar-refractivity contribution in [2.75, 3.05) is 19.6 Å². The summed E-state index contributed by atoms with van der Waals surface area (Å²) in [6, 6.07) is 7.44. The molecule has 1 fully saturated rings. The molecule has 2 aliphatic heterocycles. The lowest BCUT2D eigenvalue weighted by Crippen LogP contribution is -2.53. The molecule has 1 aromatic carbocycles. The predicted octanol–water partition coefficient (Wildman–Crippen LogP) is 1.79. The largest absolute Gasteiger partial charge is 0.485 e. The second kappa shape index (κ2) is 6.48. The molecular formula is C18H22N4O3. The number of carbonyl (C=O) groups is 1. The maximum Gasteiger partial charge on any atom is 0.255 e. The van der Waals surface area contributed by atoms with Crippen LogP contribution in [0.15, 0.2) is 28.8 Å². The van der Waals surface area contributed by atoms with E-state index >= 15 is 0 Å². The monoisotopic (exact) mass is 342 g/mol. The Balaban J connectivity index is 1.43. The third-order valence-corrected chi connectivity index (χ3v) is 4.97. The first-order valence-electron chi connectivity index (χ1n) is 8.77.